The zero-order valence-electron chi connectivity index (χ0n) is 14.2. The second kappa shape index (κ2) is 9.49. The Balaban J connectivity index is 2.75. The van der Waals surface area contributed by atoms with Gasteiger partial charge < -0.3 is 15.4 Å². The van der Waals surface area contributed by atoms with Crippen LogP contribution < -0.4 is 10.6 Å². The van der Waals surface area contributed by atoms with Crippen molar-refractivity contribution in [3.63, 3.8) is 0 Å². The highest BCUT2D eigenvalue weighted by molar-refractivity contribution is 7.89. The van der Waals surface area contributed by atoms with Crippen LogP contribution in [-0.2, 0) is 21.3 Å². The first kappa shape index (κ1) is 19.4. The molecule has 0 fully saturated rings. The van der Waals surface area contributed by atoms with Crippen molar-refractivity contribution in [2.24, 2.45) is 4.99 Å². The van der Waals surface area contributed by atoms with E-state index >= 15 is 0 Å². The van der Waals surface area contributed by atoms with E-state index in [-0.39, 0.29) is 0 Å². The van der Waals surface area contributed by atoms with E-state index in [0.717, 1.165) is 13.0 Å². The van der Waals surface area contributed by atoms with Gasteiger partial charge in [0.25, 0.3) is 0 Å². The normalized spacial score (nSPS) is 12.5. The largest absolute Gasteiger partial charge is 0.385 e. The summed E-state index contributed by atoms with van der Waals surface area (Å²) in [4.78, 5) is 4.42. The zero-order valence-corrected chi connectivity index (χ0v) is 15.0. The minimum atomic E-state index is -3.47. The van der Waals surface area contributed by atoms with Crippen LogP contribution in [-0.4, -0.2) is 60.1 Å². The summed E-state index contributed by atoms with van der Waals surface area (Å²) in [6.07, 6.45) is 0.864. The van der Waals surface area contributed by atoms with E-state index in [4.69, 9.17) is 4.74 Å². The Hall–Kier alpha value is -1.64. The molecule has 0 atom stereocenters. The summed E-state index contributed by atoms with van der Waals surface area (Å²) in [6.45, 7) is 1.77. The number of sulfonamides is 1. The van der Waals surface area contributed by atoms with Gasteiger partial charge in [-0.15, -0.1) is 0 Å². The van der Waals surface area contributed by atoms with Crippen LogP contribution >= 0.6 is 0 Å². The van der Waals surface area contributed by atoms with Crippen LogP contribution in [0.4, 0.5) is 0 Å². The minimum Gasteiger partial charge on any atom is -0.385 e. The van der Waals surface area contributed by atoms with Crippen LogP contribution in [0.25, 0.3) is 0 Å². The molecule has 0 saturated heterocycles. The predicted octanol–water partition coefficient (Wildman–Crippen LogP) is 0.638. The maximum absolute atomic E-state index is 12.3. The fourth-order valence-electron chi connectivity index (χ4n) is 1.92. The average Bonchev–Trinajstić information content (AvgIpc) is 2.54. The van der Waals surface area contributed by atoms with Crippen LogP contribution in [0, 0.1) is 0 Å². The molecule has 0 heterocycles. The summed E-state index contributed by atoms with van der Waals surface area (Å²) in [6, 6.07) is 6.95. The van der Waals surface area contributed by atoms with E-state index in [1.807, 2.05) is 6.07 Å². The Kier molecular flexibility index (Phi) is 8.01. The van der Waals surface area contributed by atoms with Crippen molar-refractivity contribution in [2.45, 2.75) is 17.9 Å². The summed E-state index contributed by atoms with van der Waals surface area (Å²) in [5.41, 5.74) is 0.695. The van der Waals surface area contributed by atoms with E-state index in [9.17, 15) is 8.42 Å². The smallest absolute Gasteiger partial charge is 0.242 e. The van der Waals surface area contributed by atoms with Gasteiger partial charge in [-0.1, -0.05) is 18.2 Å². The molecule has 0 aromatic heterocycles. The lowest BCUT2D eigenvalue weighted by atomic mass is 10.2. The molecule has 7 nitrogen and oxygen atoms in total. The molecule has 0 radical (unpaired) electrons. The van der Waals surface area contributed by atoms with Crippen molar-refractivity contribution in [3.05, 3.63) is 29.8 Å². The molecular weight excluding hydrogens is 316 g/mol. The van der Waals surface area contributed by atoms with Gasteiger partial charge in [0.2, 0.25) is 10.0 Å². The van der Waals surface area contributed by atoms with Gasteiger partial charge >= 0.3 is 0 Å². The molecule has 0 aliphatic heterocycles. The van der Waals surface area contributed by atoms with Crippen molar-refractivity contribution >= 4 is 16.0 Å². The molecule has 23 heavy (non-hydrogen) atoms. The maximum Gasteiger partial charge on any atom is 0.242 e. The topological polar surface area (TPSA) is 83.0 Å². The number of benzene rings is 1. The fourth-order valence-corrected chi connectivity index (χ4v) is 3.04. The molecule has 0 saturated carbocycles. The number of rotatable bonds is 8. The maximum atomic E-state index is 12.3. The lowest BCUT2D eigenvalue weighted by molar-refractivity contribution is 0.195. The Labute approximate surface area is 138 Å². The van der Waals surface area contributed by atoms with E-state index in [1.165, 1.54) is 18.4 Å². The second-order valence-electron chi connectivity index (χ2n) is 5.09. The quantitative estimate of drug-likeness (QED) is 0.411. The molecule has 2 N–H and O–H groups in total. The molecule has 130 valence electrons. The van der Waals surface area contributed by atoms with Crippen molar-refractivity contribution in [2.75, 3.05) is 41.4 Å². The second-order valence-corrected chi connectivity index (χ2v) is 7.21. The summed E-state index contributed by atoms with van der Waals surface area (Å²) in [5.74, 6) is 0.623. The number of hydrogen-bond donors (Lipinski definition) is 2. The van der Waals surface area contributed by atoms with Crippen molar-refractivity contribution < 1.29 is 13.2 Å². The lowest BCUT2D eigenvalue weighted by Gasteiger charge is -2.16. The lowest BCUT2D eigenvalue weighted by Crippen LogP contribution is -2.38. The van der Waals surface area contributed by atoms with Gasteiger partial charge in [0.05, 0.1) is 4.90 Å². The summed E-state index contributed by atoms with van der Waals surface area (Å²) < 4.78 is 30.9. The van der Waals surface area contributed by atoms with Gasteiger partial charge in [-0.2, -0.15) is 0 Å². The molecule has 1 aromatic rings. The van der Waals surface area contributed by atoms with E-state index in [0.29, 0.717) is 29.6 Å². The molecule has 0 amide bonds. The third kappa shape index (κ3) is 5.81. The summed E-state index contributed by atoms with van der Waals surface area (Å²) >= 11 is 0. The van der Waals surface area contributed by atoms with Crippen LogP contribution in [0.1, 0.15) is 12.0 Å². The highest BCUT2D eigenvalue weighted by Gasteiger charge is 2.20. The van der Waals surface area contributed by atoms with Crippen molar-refractivity contribution in [1.82, 2.24) is 14.9 Å². The van der Waals surface area contributed by atoms with Gasteiger partial charge in [0.1, 0.15) is 0 Å². The van der Waals surface area contributed by atoms with Gasteiger partial charge in [-0.05, 0) is 18.1 Å². The standard InChI is InChI=1S/C15H26N4O3S/c1-16-15(17-10-7-11-22-4)18-12-13-8-5-6-9-14(13)23(20,21)19(2)3/h5-6,8-9H,7,10-12H2,1-4H3,(H2,16,17,18). The number of nitrogens with one attached hydrogen (secondary N) is 2. The predicted molar refractivity (Wildman–Crippen MR) is 92.0 cm³/mol. The van der Waals surface area contributed by atoms with E-state index in [1.54, 1.807) is 32.4 Å². The Morgan fingerprint density at radius 1 is 1.26 bits per heavy atom. The third-order valence-electron chi connectivity index (χ3n) is 3.22. The number of guanidine groups is 1. The fraction of sp³-hybridized carbons (Fsp3) is 0.533. The van der Waals surface area contributed by atoms with Gasteiger partial charge in [0, 0.05) is 47.9 Å². The van der Waals surface area contributed by atoms with Crippen LogP contribution in [0.15, 0.2) is 34.2 Å². The van der Waals surface area contributed by atoms with E-state index in [2.05, 4.69) is 15.6 Å². The van der Waals surface area contributed by atoms with Crippen molar-refractivity contribution in [1.29, 1.82) is 0 Å². The highest BCUT2D eigenvalue weighted by atomic mass is 32.2. The molecule has 0 aliphatic carbocycles. The van der Waals surface area contributed by atoms with Gasteiger partial charge in [-0.25, -0.2) is 12.7 Å². The number of ether oxygens (including phenoxy) is 1. The van der Waals surface area contributed by atoms with Gasteiger partial charge in [0.15, 0.2) is 5.96 Å². The summed E-state index contributed by atoms with van der Waals surface area (Å²) in [7, 11) is 2.91. The molecule has 0 bridgehead atoms. The highest BCUT2D eigenvalue weighted by Crippen LogP contribution is 2.18. The Morgan fingerprint density at radius 2 is 1.96 bits per heavy atom. The first-order valence-electron chi connectivity index (χ1n) is 7.37. The van der Waals surface area contributed by atoms with Crippen LogP contribution in [0.3, 0.4) is 0 Å². The molecular formula is C15H26N4O3S. The number of hydrogen-bond acceptors (Lipinski definition) is 4. The number of nitrogens with zero attached hydrogens (tertiary/aromatic N) is 2. The van der Waals surface area contributed by atoms with Crippen LogP contribution in [0.2, 0.25) is 0 Å². The first-order valence-corrected chi connectivity index (χ1v) is 8.81. The molecule has 1 aromatic carbocycles. The minimum absolute atomic E-state index is 0.298. The zero-order chi connectivity index (χ0) is 17.3. The molecule has 0 aliphatic rings. The Morgan fingerprint density at radius 3 is 2.57 bits per heavy atom. The molecule has 0 unspecified atom stereocenters. The third-order valence-corrected chi connectivity index (χ3v) is 5.13. The first-order chi connectivity index (χ1) is 10.9. The monoisotopic (exact) mass is 342 g/mol. The molecule has 8 heteroatoms. The number of methoxy groups -OCH3 is 1. The van der Waals surface area contributed by atoms with Crippen LogP contribution in [0.5, 0.6) is 0 Å². The van der Waals surface area contributed by atoms with Gasteiger partial charge in [-0.3, -0.25) is 4.99 Å². The SMILES string of the molecule is CN=C(NCCCOC)NCc1ccccc1S(=O)(=O)N(C)C. The molecule has 0 spiro atoms. The molecule has 1 rings (SSSR count). The number of aliphatic imine (C=N–C) groups is 1. The van der Waals surface area contributed by atoms with E-state index < -0.39 is 10.0 Å². The Bertz CT molecular complexity index is 615. The average molecular weight is 342 g/mol. The summed E-state index contributed by atoms with van der Waals surface area (Å²) in [5, 5.41) is 6.28. The van der Waals surface area contributed by atoms with Crippen molar-refractivity contribution in [3.8, 4) is 0 Å².